The third-order valence-corrected chi connectivity index (χ3v) is 6.42. The van der Waals surface area contributed by atoms with E-state index in [0.717, 1.165) is 11.3 Å². The monoisotopic (exact) mass is 505 g/mol. The molecule has 1 N–H and O–H groups in total. The number of amides is 2. The number of piperazine rings is 1. The smallest absolute Gasteiger partial charge is 0.255 e. The molecule has 0 spiro atoms. The van der Waals surface area contributed by atoms with Crippen LogP contribution in [0.4, 0.5) is 11.4 Å². The van der Waals surface area contributed by atoms with Gasteiger partial charge in [0.2, 0.25) is 5.91 Å². The number of nitrogens with one attached hydrogen (secondary N) is 1. The van der Waals surface area contributed by atoms with Crippen LogP contribution in [0.15, 0.2) is 72.8 Å². The minimum absolute atomic E-state index is 0.169. The molecule has 4 rings (SSSR count). The molecule has 3 aromatic rings. The highest BCUT2D eigenvalue weighted by molar-refractivity contribution is 6.33. The van der Waals surface area contributed by atoms with Crippen molar-refractivity contribution in [1.29, 1.82) is 0 Å². The van der Waals surface area contributed by atoms with Crippen molar-refractivity contribution in [2.24, 2.45) is 5.41 Å². The van der Waals surface area contributed by atoms with Gasteiger partial charge in [0, 0.05) is 42.8 Å². The van der Waals surface area contributed by atoms with E-state index in [4.69, 9.17) is 16.3 Å². The van der Waals surface area contributed by atoms with Crippen LogP contribution in [0.25, 0.3) is 0 Å². The zero-order chi connectivity index (χ0) is 25.7. The lowest BCUT2D eigenvalue weighted by atomic mass is 9.94. The van der Waals surface area contributed by atoms with Gasteiger partial charge < -0.3 is 19.9 Å². The van der Waals surface area contributed by atoms with Crippen molar-refractivity contribution in [3.63, 3.8) is 0 Å². The minimum Gasteiger partial charge on any atom is -0.489 e. The third kappa shape index (κ3) is 6.38. The summed E-state index contributed by atoms with van der Waals surface area (Å²) in [4.78, 5) is 29.4. The predicted octanol–water partition coefficient (Wildman–Crippen LogP) is 5.87. The second-order valence-corrected chi connectivity index (χ2v) is 10.4. The summed E-state index contributed by atoms with van der Waals surface area (Å²) in [5, 5.41) is 3.47. The molecular weight excluding hydrogens is 474 g/mol. The second kappa shape index (κ2) is 11.0. The van der Waals surface area contributed by atoms with Crippen molar-refractivity contribution in [2.45, 2.75) is 27.4 Å². The van der Waals surface area contributed by atoms with Crippen LogP contribution in [0.5, 0.6) is 5.75 Å². The average molecular weight is 506 g/mol. The van der Waals surface area contributed by atoms with Crippen molar-refractivity contribution in [3.8, 4) is 5.75 Å². The van der Waals surface area contributed by atoms with Gasteiger partial charge in [0.1, 0.15) is 12.4 Å². The van der Waals surface area contributed by atoms with Crippen LogP contribution in [-0.4, -0.2) is 42.9 Å². The molecule has 0 bridgehead atoms. The Morgan fingerprint density at radius 3 is 2.19 bits per heavy atom. The van der Waals surface area contributed by atoms with E-state index in [-0.39, 0.29) is 17.2 Å². The first-order chi connectivity index (χ1) is 17.2. The number of halogens is 1. The van der Waals surface area contributed by atoms with Crippen LogP contribution < -0.4 is 15.0 Å². The maximum absolute atomic E-state index is 12.7. The molecule has 36 heavy (non-hydrogen) atoms. The SMILES string of the molecule is CC(C)(C)C(=O)N1CCN(c2ccc(NC(=O)c3ccc(OCc4ccccc4)cc3)cc2Cl)CC1. The number of anilines is 2. The molecule has 0 atom stereocenters. The first kappa shape index (κ1) is 25.6. The van der Waals surface area contributed by atoms with Gasteiger partial charge >= 0.3 is 0 Å². The molecule has 7 heteroatoms. The van der Waals surface area contributed by atoms with Gasteiger partial charge in [-0.1, -0.05) is 62.7 Å². The Labute approximate surface area is 217 Å². The van der Waals surface area contributed by atoms with Gasteiger partial charge in [0.05, 0.1) is 10.7 Å². The Balaban J connectivity index is 1.32. The summed E-state index contributed by atoms with van der Waals surface area (Å²) in [6, 6.07) is 22.5. The first-order valence-electron chi connectivity index (χ1n) is 12.1. The van der Waals surface area contributed by atoms with Crippen molar-refractivity contribution >= 4 is 34.8 Å². The largest absolute Gasteiger partial charge is 0.489 e. The standard InChI is InChI=1S/C29H32ClN3O3/c1-29(2,3)28(35)33-17-15-32(16-18-33)26-14-11-23(19-25(26)30)31-27(34)22-9-12-24(13-10-22)36-20-21-7-5-4-6-8-21/h4-14,19H,15-18,20H2,1-3H3,(H,31,34). The van der Waals surface area contributed by atoms with E-state index < -0.39 is 0 Å². The molecular formula is C29H32ClN3O3. The summed E-state index contributed by atoms with van der Waals surface area (Å²) < 4.78 is 5.79. The number of rotatable bonds is 6. The van der Waals surface area contributed by atoms with Gasteiger partial charge in [-0.05, 0) is 48.0 Å². The molecule has 2 amide bonds. The van der Waals surface area contributed by atoms with E-state index in [9.17, 15) is 9.59 Å². The molecule has 0 aromatic heterocycles. The third-order valence-electron chi connectivity index (χ3n) is 6.12. The number of benzene rings is 3. The highest BCUT2D eigenvalue weighted by atomic mass is 35.5. The van der Waals surface area contributed by atoms with Crippen LogP contribution in [0.2, 0.25) is 5.02 Å². The summed E-state index contributed by atoms with van der Waals surface area (Å²) in [5.41, 5.74) is 2.76. The highest BCUT2D eigenvalue weighted by Gasteiger charge is 2.30. The van der Waals surface area contributed by atoms with Gasteiger partial charge in [0.25, 0.3) is 5.91 Å². The number of ether oxygens (including phenoxy) is 1. The molecule has 1 heterocycles. The predicted molar refractivity (Wildman–Crippen MR) is 145 cm³/mol. The molecule has 6 nitrogen and oxygen atoms in total. The summed E-state index contributed by atoms with van der Waals surface area (Å²) >= 11 is 6.58. The van der Waals surface area contributed by atoms with E-state index in [1.54, 1.807) is 30.3 Å². The molecule has 1 aliphatic heterocycles. The minimum atomic E-state index is -0.380. The van der Waals surface area contributed by atoms with Crippen molar-refractivity contribution in [3.05, 3.63) is 88.9 Å². The molecule has 1 aliphatic rings. The van der Waals surface area contributed by atoms with E-state index in [1.807, 2.05) is 68.1 Å². The summed E-state index contributed by atoms with van der Waals surface area (Å²) in [6.07, 6.45) is 0. The summed E-state index contributed by atoms with van der Waals surface area (Å²) in [6.45, 7) is 9.06. The Hall–Kier alpha value is -3.51. The topological polar surface area (TPSA) is 61.9 Å². The molecule has 0 aliphatic carbocycles. The van der Waals surface area contributed by atoms with Crippen LogP contribution in [0.1, 0.15) is 36.7 Å². The number of carbonyl (C=O) groups excluding carboxylic acids is 2. The Morgan fingerprint density at radius 2 is 1.58 bits per heavy atom. The second-order valence-electron chi connectivity index (χ2n) is 9.95. The first-order valence-corrected chi connectivity index (χ1v) is 12.5. The Morgan fingerprint density at radius 1 is 0.917 bits per heavy atom. The number of hydrogen-bond acceptors (Lipinski definition) is 4. The number of carbonyl (C=O) groups is 2. The molecule has 188 valence electrons. The van der Waals surface area contributed by atoms with Gasteiger partial charge in [0.15, 0.2) is 0 Å². The van der Waals surface area contributed by atoms with E-state index in [1.165, 1.54) is 0 Å². The van der Waals surface area contributed by atoms with Gasteiger partial charge in [-0.25, -0.2) is 0 Å². The molecule has 1 fully saturated rings. The van der Waals surface area contributed by atoms with Crippen LogP contribution in [0.3, 0.4) is 0 Å². The van der Waals surface area contributed by atoms with Crippen LogP contribution >= 0.6 is 11.6 Å². The van der Waals surface area contributed by atoms with Gasteiger partial charge in [-0.3, -0.25) is 9.59 Å². The van der Waals surface area contributed by atoms with E-state index >= 15 is 0 Å². The molecule has 0 unspecified atom stereocenters. The maximum atomic E-state index is 12.7. The average Bonchev–Trinajstić information content (AvgIpc) is 2.87. The quantitative estimate of drug-likeness (QED) is 0.455. The highest BCUT2D eigenvalue weighted by Crippen LogP contribution is 2.30. The lowest BCUT2D eigenvalue weighted by Gasteiger charge is -2.39. The fourth-order valence-corrected chi connectivity index (χ4v) is 4.41. The molecule has 0 saturated carbocycles. The molecule has 3 aromatic carbocycles. The lowest BCUT2D eigenvalue weighted by molar-refractivity contribution is -0.139. The number of hydrogen-bond donors (Lipinski definition) is 1. The van der Waals surface area contributed by atoms with Gasteiger partial charge in [-0.2, -0.15) is 0 Å². The van der Waals surface area contributed by atoms with E-state index in [0.29, 0.717) is 54.8 Å². The fraction of sp³-hybridized carbons (Fsp3) is 0.310. The summed E-state index contributed by atoms with van der Waals surface area (Å²) in [7, 11) is 0. The maximum Gasteiger partial charge on any atom is 0.255 e. The molecule has 0 radical (unpaired) electrons. The van der Waals surface area contributed by atoms with Crippen molar-refractivity contribution < 1.29 is 14.3 Å². The van der Waals surface area contributed by atoms with Crippen LogP contribution in [0, 0.1) is 5.41 Å². The van der Waals surface area contributed by atoms with Crippen LogP contribution in [-0.2, 0) is 11.4 Å². The normalized spacial score (nSPS) is 13.9. The Kier molecular flexibility index (Phi) is 7.85. The zero-order valence-corrected chi connectivity index (χ0v) is 21.7. The fourth-order valence-electron chi connectivity index (χ4n) is 4.11. The molecule has 1 saturated heterocycles. The zero-order valence-electron chi connectivity index (χ0n) is 21.0. The summed E-state index contributed by atoms with van der Waals surface area (Å²) in [5.74, 6) is 0.650. The van der Waals surface area contributed by atoms with Crippen molar-refractivity contribution in [2.75, 3.05) is 36.4 Å². The van der Waals surface area contributed by atoms with E-state index in [2.05, 4.69) is 10.2 Å². The van der Waals surface area contributed by atoms with Crippen molar-refractivity contribution in [1.82, 2.24) is 4.90 Å². The lowest BCUT2D eigenvalue weighted by Crippen LogP contribution is -2.51. The Bertz CT molecular complexity index is 1200. The van der Waals surface area contributed by atoms with Gasteiger partial charge in [-0.15, -0.1) is 0 Å². The number of nitrogens with zero attached hydrogens (tertiary/aromatic N) is 2.